The lowest BCUT2D eigenvalue weighted by molar-refractivity contribution is 0.0722. The first-order valence-corrected chi connectivity index (χ1v) is 10.8. The Bertz CT molecular complexity index is 1180. The van der Waals surface area contributed by atoms with Gasteiger partial charge in [-0.15, -0.1) is 0 Å². The van der Waals surface area contributed by atoms with Crippen molar-refractivity contribution in [2.45, 2.75) is 13.0 Å². The second-order valence-electron chi connectivity index (χ2n) is 6.85. The summed E-state index contributed by atoms with van der Waals surface area (Å²) in [7, 11) is -1.11. The molecule has 0 spiro atoms. The first-order valence-electron chi connectivity index (χ1n) is 8.55. The number of aromatic nitrogens is 1. The van der Waals surface area contributed by atoms with Crippen molar-refractivity contribution >= 4 is 33.3 Å². The van der Waals surface area contributed by atoms with Crippen LogP contribution in [0.4, 0.5) is 10.2 Å². The molecule has 0 radical (unpaired) electrons. The molecular weight excluding hydrogens is 425 g/mol. The Morgan fingerprint density at radius 3 is 2.55 bits per heavy atom. The summed E-state index contributed by atoms with van der Waals surface area (Å²) < 4.78 is 39.3. The van der Waals surface area contributed by atoms with Crippen LogP contribution < -0.4 is 9.86 Å². The summed E-state index contributed by atoms with van der Waals surface area (Å²) in [6.45, 7) is 0.299. The van der Waals surface area contributed by atoms with E-state index in [2.05, 4.69) is 0 Å². The molecule has 11 heteroatoms. The van der Waals surface area contributed by atoms with E-state index in [4.69, 9.17) is 11.6 Å². The Morgan fingerprint density at radius 1 is 1.31 bits per heavy atom. The van der Waals surface area contributed by atoms with Gasteiger partial charge < -0.3 is 10.0 Å². The Kier molecular flexibility index (Phi) is 5.35. The fourth-order valence-corrected chi connectivity index (χ4v) is 4.11. The van der Waals surface area contributed by atoms with E-state index in [1.807, 2.05) is 0 Å². The highest BCUT2D eigenvalue weighted by Crippen LogP contribution is 2.33. The minimum Gasteiger partial charge on any atom is -0.502 e. The Labute approximate surface area is 171 Å². The highest BCUT2D eigenvalue weighted by Gasteiger charge is 2.34. The number of carbonyl (C=O) groups excluding carboxylic acids is 1. The summed E-state index contributed by atoms with van der Waals surface area (Å²) in [4.78, 5) is 26.9. The maximum absolute atomic E-state index is 13.4. The van der Waals surface area contributed by atoms with Crippen LogP contribution in [0.1, 0.15) is 21.5 Å². The highest BCUT2D eigenvalue weighted by molar-refractivity contribution is 7.92. The number of nitrogens with zero attached hydrogens (tertiary/aromatic N) is 3. The van der Waals surface area contributed by atoms with E-state index >= 15 is 0 Å². The molecule has 156 valence electrons. The lowest BCUT2D eigenvalue weighted by Crippen LogP contribution is -2.41. The van der Waals surface area contributed by atoms with Gasteiger partial charge in [0.1, 0.15) is 11.6 Å². The van der Waals surface area contributed by atoms with Crippen molar-refractivity contribution in [1.82, 2.24) is 9.47 Å². The zero-order valence-corrected chi connectivity index (χ0v) is 17.5. The number of benzene rings is 1. The van der Waals surface area contributed by atoms with Gasteiger partial charge in [0.05, 0.1) is 16.8 Å². The van der Waals surface area contributed by atoms with Crippen molar-refractivity contribution in [3.8, 4) is 5.75 Å². The molecule has 0 fully saturated rings. The van der Waals surface area contributed by atoms with Gasteiger partial charge in [0.15, 0.2) is 5.75 Å². The fourth-order valence-electron chi connectivity index (χ4n) is 3.36. The third-order valence-corrected chi connectivity index (χ3v) is 6.38. The topological polar surface area (TPSA) is 99.9 Å². The lowest BCUT2D eigenvalue weighted by atomic mass is 9.98. The molecule has 2 heterocycles. The molecule has 0 atom stereocenters. The number of aromatic hydroxyl groups is 1. The maximum Gasteiger partial charge on any atom is 0.294 e. The molecule has 29 heavy (non-hydrogen) atoms. The monoisotopic (exact) mass is 443 g/mol. The Morgan fingerprint density at radius 2 is 1.97 bits per heavy atom. The van der Waals surface area contributed by atoms with Gasteiger partial charge in [0.25, 0.3) is 11.5 Å². The number of pyridine rings is 1. The van der Waals surface area contributed by atoms with E-state index in [0.29, 0.717) is 5.56 Å². The average Bonchev–Trinajstić information content (AvgIpc) is 2.64. The molecule has 0 bridgehead atoms. The summed E-state index contributed by atoms with van der Waals surface area (Å²) in [5.41, 5.74) is -0.256. The Balaban J connectivity index is 2.09. The fraction of sp³-hybridized carbons (Fsp3) is 0.333. The summed E-state index contributed by atoms with van der Waals surface area (Å²) in [5, 5.41) is 10.3. The van der Waals surface area contributed by atoms with Crippen LogP contribution in [0.3, 0.4) is 0 Å². The van der Waals surface area contributed by atoms with Gasteiger partial charge in [-0.1, -0.05) is 17.7 Å². The van der Waals surface area contributed by atoms with Crippen molar-refractivity contribution in [3.63, 3.8) is 0 Å². The van der Waals surface area contributed by atoms with E-state index < -0.39 is 33.1 Å². The van der Waals surface area contributed by atoms with Crippen LogP contribution in [-0.2, 0) is 30.0 Å². The van der Waals surface area contributed by atoms with Crippen molar-refractivity contribution in [3.05, 3.63) is 56.1 Å². The van der Waals surface area contributed by atoms with Gasteiger partial charge in [-0.25, -0.2) is 12.8 Å². The van der Waals surface area contributed by atoms with Crippen molar-refractivity contribution in [2.24, 2.45) is 7.05 Å². The number of fused-ring (bicyclic) bond motifs is 1. The molecule has 1 N–H and O–H groups in total. The molecule has 1 aromatic heterocycles. The van der Waals surface area contributed by atoms with E-state index in [-0.39, 0.29) is 41.5 Å². The third kappa shape index (κ3) is 3.69. The maximum atomic E-state index is 13.4. The van der Waals surface area contributed by atoms with E-state index in [9.17, 15) is 27.5 Å². The van der Waals surface area contributed by atoms with Crippen LogP contribution in [0.25, 0.3) is 0 Å². The minimum atomic E-state index is -3.71. The van der Waals surface area contributed by atoms with Gasteiger partial charge >= 0.3 is 0 Å². The quantitative estimate of drug-likeness (QED) is 0.771. The zero-order valence-electron chi connectivity index (χ0n) is 15.9. The number of rotatable bonds is 4. The standard InChI is InChI=1S/C18H19ClFN3O5S/c1-21-16(22(2)29(3,27)28)11-6-7-23(17(25)14(11)15(24)18(21)26)9-10-4-5-13(20)12(19)8-10/h4-5,8,24H,6-7,9H2,1-3H3. The molecule has 0 saturated heterocycles. The summed E-state index contributed by atoms with van der Waals surface area (Å²) in [6, 6.07) is 4.07. The predicted molar refractivity (Wildman–Crippen MR) is 106 cm³/mol. The smallest absolute Gasteiger partial charge is 0.294 e. The van der Waals surface area contributed by atoms with Gasteiger partial charge in [-0.3, -0.25) is 18.5 Å². The molecule has 1 aromatic carbocycles. The van der Waals surface area contributed by atoms with Gasteiger partial charge in [0, 0.05) is 32.7 Å². The number of anilines is 1. The molecule has 8 nitrogen and oxygen atoms in total. The number of hydrogen-bond acceptors (Lipinski definition) is 5. The molecule has 1 aliphatic rings. The van der Waals surface area contributed by atoms with Crippen LogP contribution in [0.5, 0.6) is 5.75 Å². The van der Waals surface area contributed by atoms with Gasteiger partial charge in [0.2, 0.25) is 10.0 Å². The Hall–Kier alpha value is -2.59. The molecule has 0 aliphatic carbocycles. The normalized spacial score (nSPS) is 14.1. The van der Waals surface area contributed by atoms with Crippen molar-refractivity contribution < 1.29 is 22.7 Å². The van der Waals surface area contributed by atoms with Crippen LogP contribution >= 0.6 is 11.6 Å². The van der Waals surface area contributed by atoms with E-state index in [0.717, 1.165) is 15.1 Å². The van der Waals surface area contributed by atoms with Gasteiger partial charge in [-0.2, -0.15) is 0 Å². The molecule has 1 aliphatic heterocycles. The zero-order chi connectivity index (χ0) is 21.7. The molecule has 3 rings (SSSR count). The van der Waals surface area contributed by atoms with Crippen LogP contribution in [-0.4, -0.2) is 48.7 Å². The number of hydrogen-bond donors (Lipinski definition) is 1. The van der Waals surface area contributed by atoms with Crippen molar-refractivity contribution in [2.75, 3.05) is 24.2 Å². The van der Waals surface area contributed by atoms with Crippen molar-refractivity contribution in [1.29, 1.82) is 0 Å². The first kappa shape index (κ1) is 21.1. The molecule has 0 unspecified atom stereocenters. The third-order valence-electron chi connectivity index (χ3n) is 4.92. The number of sulfonamides is 1. The van der Waals surface area contributed by atoms with E-state index in [1.165, 1.54) is 37.2 Å². The number of halogens is 2. The SMILES string of the molecule is CN(c1c2c(c(O)c(=O)n1C)C(=O)N(Cc1ccc(F)c(Cl)c1)CC2)S(C)(=O)=O. The van der Waals surface area contributed by atoms with Crippen LogP contribution in [0.15, 0.2) is 23.0 Å². The minimum absolute atomic E-state index is 0.0307. The molecular formula is C18H19ClFN3O5S. The summed E-state index contributed by atoms with van der Waals surface area (Å²) >= 11 is 5.79. The van der Waals surface area contributed by atoms with Crippen LogP contribution in [0.2, 0.25) is 5.02 Å². The predicted octanol–water partition coefficient (Wildman–Crippen LogP) is 1.48. The largest absolute Gasteiger partial charge is 0.502 e. The number of amides is 1. The van der Waals surface area contributed by atoms with Gasteiger partial charge in [-0.05, 0) is 24.1 Å². The summed E-state index contributed by atoms with van der Waals surface area (Å²) in [5.74, 6) is -1.91. The first-order chi connectivity index (χ1) is 13.4. The van der Waals surface area contributed by atoms with E-state index in [1.54, 1.807) is 0 Å². The molecule has 1 amide bonds. The lowest BCUT2D eigenvalue weighted by Gasteiger charge is -2.32. The average molecular weight is 444 g/mol. The number of carbonyl (C=O) groups is 1. The highest BCUT2D eigenvalue weighted by atomic mass is 35.5. The van der Waals surface area contributed by atoms with Crippen LogP contribution in [0, 0.1) is 5.82 Å². The second kappa shape index (κ2) is 7.34. The summed E-state index contributed by atoms with van der Waals surface area (Å²) in [6.07, 6.45) is 1.19. The molecule has 2 aromatic rings. The second-order valence-corrected chi connectivity index (χ2v) is 9.27. The molecule has 0 saturated carbocycles.